The SMILES string of the molecule is COc1cc(C2CCC(C(=O)O)(c3nn(C[C@@H](OC4CCOCC4)c4ccccc4OC)c4sc(-c5ncco5)c(C)c4c3=O)CC2)ccc1[C@H](Cn1nc(C(C)(Cc2ccc([C@@H](Cn3nc(C(C)(C)C(=O)O)c(=O)c4c(C)c(-c5ncco5)sc43)OC3CCOCC3)c(OC)c2)C(=O)O)c(=O)c2c(C)c(-c3ncco3)sc21)OC1CCOCC1. The van der Waals surface area contributed by atoms with Gasteiger partial charge >= 0.3 is 17.9 Å². The van der Waals surface area contributed by atoms with E-state index in [0.29, 0.717) is 182 Å². The average Bonchev–Trinajstić information content (AvgIpc) is 1.55. The summed E-state index contributed by atoms with van der Waals surface area (Å²) in [7, 11) is 4.64. The van der Waals surface area contributed by atoms with Gasteiger partial charge in [0.2, 0.25) is 34.0 Å². The first kappa shape index (κ1) is 83.0. The Kier molecular flexibility index (Phi) is 23.9. The van der Waals surface area contributed by atoms with Crippen LogP contribution in [-0.2, 0) is 85.1 Å². The van der Waals surface area contributed by atoms with Crippen molar-refractivity contribution < 1.29 is 85.6 Å². The van der Waals surface area contributed by atoms with E-state index in [1.54, 1.807) is 60.3 Å². The van der Waals surface area contributed by atoms with Crippen molar-refractivity contribution in [3.05, 3.63) is 190 Å². The highest BCUT2D eigenvalue weighted by Crippen LogP contribution is 2.49. The monoisotopic (exact) mass is 1700 g/mol. The maximum Gasteiger partial charge on any atom is 0.316 e. The number of aromatic nitrogens is 9. The molecule has 9 aromatic heterocycles. The van der Waals surface area contributed by atoms with Crippen LogP contribution in [0.15, 0.2) is 126 Å². The Morgan fingerprint density at radius 1 is 0.508 bits per heavy atom. The molecule has 3 aromatic carbocycles. The van der Waals surface area contributed by atoms with Crippen LogP contribution in [0.5, 0.6) is 17.2 Å². The molecular formula is C87H93N9O21S3. The highest BCUT2D eigenvalue weighted by Gasteiger charge is 2.49. The van der Waals surface area contributed by atoms with E-state index in [0.717, 1.165) is 11.1 Å². The zero-order valence-electron chi connectivity index (χ0n) is 67.9. The maximum atomic E-state index is 15.8. The van der Waals surface area contributed by atoms with Gasteiger partial charge in [-0.05, 0) is 164 Å². The Morgan fingerprint density at radius 2 is 0.917 bits per heavy atom. The molecule has 33 heteroatoms. The second-order valence-corrected chi connectivity index (χ2v) is 34.8. The van der Waals surface area contributed by atoms with E-state index in [1.165, 1.54) is 99.3 Å². The number of oxazole rings is 3. The number of thiophene rings is 3. The van der Waals surface area contributed by atoms with Crippen LogP contribution >= 0.6 is 34.0 Å². The Bertz CT molecular complexity index is 5980. The molecule has 1 unspecified atom stereocenters. The summed E-state index contributed by atoms with van der Waals surface area (Å²) in [6.45, 7) is 12.4. The van der Waals surface area contributed by atoms with Gasteiger partial charge in [0, 0.05) is 56.3 Å². The van der Waals surface area contributed by atoms with Crippen molar-refractivity contribution in [1.29, 1.82) is 0 Å². The highest BCUT2D eigenvalue weighted by molar-refractivity contribution is 7.22. The van der Waals surface area contributed by atoms with E-state index in [2.05, 4.69) is 15.0 Å². The van der Waals surface area contributed by atoms with Gasteiger partial charge in [-0.25, -0.2) is 15.0 Å². The number of aryl methyl sites for hydroxylation is 3. The smallest absolute Gasteiger partial charge is 0.316 e. The van der Waals surface area contributed by atoms with Gasteiger partial charge in [0.25, 0.3) is 0 Å². The first-order chi connectivity index (χ1) is 57.9. The number of aliphatic carboxylic acids is 3. The lowest BCUT2D eigenvalue weighted by Gasteiger charge is -2.37. The predicted molar refractivity (Wildman–Crippen MR) is 444 cm³/mol. The van der Waals surface area contributed by atoms with Crippen LogP contribution in [0.2, 0.25) is 0 Å². The summed E-state index contributed by atoms with van der Waals surface area (Å²) in [5.74, 6) is -1.84. The fourth-order valence-electron chi connectivity index (χ4n) is 17.2. The van der Waals surface area contributed by atoms with Gasteiger partial charge in [0.15, 0.2) is 0 Å². The minimum absolute atomic E-state index is 0.0518. The minimum atomic E-state index is -2.05. The number of hydrogen-bond donors (Lipinski definition) is 3. The Labute approximate surface area is 699 Å². The molecule has 4 aliphatic rings. The normalized spacial score (nSPS) is 18.6. The zero-order chi connectivity index (χ0) is 84.1. The van der Waals surface area contributed by atoms with Crippen LogP contribution in [0.3, 0.4) is 0 Å². The van der Waals surface area contributed by atoms with Gasteiger partial charge in [0.1, 0.15) is 102 Å². The van der Waals surface area contributed by atoms with E-state index >= 15 is 9.59 Å². The fraction of sp³-hybridized carbons (Fsp3) is 0.448. The third-order valence-corrected chi connectivity index (χ3v) is 28.0. The summed E-state index contributed by atoms with van der Waals surface area (Å²) in [5, 5.41) is 50.1. The average molecular weight is 1700 g/mol. The molecule has 4 fully saturated rings. The molecule has 3 N–H and O–H groups in total. The molecule has 120 heavy (non-hydrogen) atoms. The molecule has 0 bridgehead atoms. The number of ether oxygens (including phenoxy) is 9. The second kappa shape index (κ2) is 34.5. The molecule has 0 radical (unpaired) electrons. The molecule has 3 saturated heterocycles. The molecule has 0 spiro atoms. The lowest BCUT2D eigenvalue weighted by atomic mass is 9.67. The lowest BCUT2D eigenvalue weighted by Crippen LogP contribution is -2.44. The summed E-state index contributed by atoms with van der Waals surface area (Å²) in [4.78, 5) is 104. The largest absolute Gasteiger partial charge is 0.496 e. The van der Waals surface area contributed by atoms with Crippen LogP contribution in [0.25, 0.3) is 63.0 Å². The molecule has 12 aromatic rings. The van der Waals surface area contributed by atoms with Gasteiger partial charge in [-0.3, -0.25) is 42.8 Å². The third-order valence-electron chi connectivity index (χ3n) is 24.1. The fourth-order valence-corrected chi connectivity index (χ4v) is 20.8. The van der Waals surface area contributed by atoms with Crippen molar-refractivity contribution in [1.82, 2.24) is 44.3 Å². The number of rotatable bonds is 30. The quantitative estimate of drug-likeness (QED) is 0.0376. The molecule has 16 rings (SSSR count). The van der Waals surface area contributed by atoms with Crippen LogP contribution < -0.4 is 30.5 Å². The van der Waals surface area contributed by atoms with E-state index < -0.39 is 68.8 Å². The number of para-hydroxylation sites is 1. The van der Waals surface area contributed by atoms with Crippen LogP contribution in [-0.4, -0.2) is 157 Å². The third kappa shape index (κ3) is 15.7. The molecule has 0 amide bonds. The van der Waals surface area contributed by atoms with Crippen molar-refractivity contribution in [2.45, 2.75) is 191 Å². The maximum absolute atomic E-state index is 15.8. The van der Waals surface area contributed by atoms with Gasteiger partial charge in [-0.2, -0.15) is 15.3 Å². The van der Waals surface area contributed by atoms with Crippen molar-refractivity contribution in [3.63, 3.8) is 0 Å². The van der Waals surface area contributed by atoms with Crippen LogP contribution in [0, 0.1) is 20.8 Å². The highest BCUT2D eigenvalue weighted by atomic mass is 32.1. The van der Waals surface area contributed by atoms with E-state index in [4.69, 9.17) is 71.2 Å². The predicted octanol–water partition coefficient (Wildman–Crippen LogP) is 14.4. The number of nitrogens with zero attached hydrogens (tertiary/aromatic N) is 9. The number of methoxy groups -OCH3 is 3. The lowest BCUT2D eigenvalue weighted by molar-refractivity contribution is -0.146. The molecular weight excluding hydrogens is 1600 g/mol. The number of fused-ring (bicyclic) bond motifs is 3. The molecule has 1 aliphatic carbocycles. The summed E-state index contributed by atoms with van der Waals surface area (Å²) in [5.41, 5.74) is -2.90. The van der Waals surface area contributed by atoms with Gasteiger partial charge in [-0.15, -0.1) is 34.0 Å². The topological polar surface area (TPSA) is 378 Å². The van der Waals surface area contributed by atoms with Crippen molar-refractivity contribution in [2.24, 2.45) is 0 Å². The van der Waals surface area contributed by atoms with Crippen molar-refractivity contribution in [2.75, 3.05) is 61.0 Å². The minimum Gasteiger partial charge on any atom is -0.496 e. The molecule has 630 valence electrons. The summed E-state index contributed by atoms with van der Waals surface area (Å²) in [6, 6.07) is 18.7. The Balaban J connectivity index is 0.741. The van der Waals surface area contributed by atoms with Gasteiger partial charge in [0.05, 0.1) is 109 Å². The molecule has 12 heterocycles. The van der Waals surface area contributed by atoms with E-state index in [1.807, 2.05) is 49.4 Å². The number of hydrogen-bond acceptors (Lipinski definition) is 27. The number of carboxylic acid groups (broad SMARTS) is 3. The molecule has 1 saturated carbocycles. The van der Waals surface area contributed by atoms with Gasteiger partial charge in [-0.1, -0.05) is 42.5 Å². The van der Waals surface area contributed by atoms with E-state index in [9.17, 15) is 34.5 Å². The summed E-state index contributed by atoms with van der Waals surface area (Å²) >= 11 is 3.74. The second-order valence-electron chi connectivity index (χ2n) is 31.8. The Hall–Kier alpha value is -10.6. The number of carboxylic acids is 3. The van der Waals surface area contributed by atoms with Crippen molar-refractivity contribution in [3.8, 4) is 49.6 Å². The van der Waals surface area contributed by atoms with Gasteiger partial charge < -0.3 is 71.2 Å². The van der Waals surface area contributed by atoms with Crippen LogP contribution in [0.4, 0.5) is 0 Å². The van der Waals surface area contributed by atoms with Crippen LogP contribution in [0.1, 0.15) is 171 Å². The molecule has 30 nitrogen and oxygen atoms in total. The molecule has 4 atom stereocenters. The van der Waals surface area contributed by atoms with E-state index in [-0.39, 0.29) is 103 Å². The standard InChI is InChI=1S/C87H93N9O21S3/c1-46-64-67(97)73(85(4,5)82(100)101)91-94(79(64)118-70(46)76-88-28-37-112-76)44-62(116-53-22-33-110-34-23-53)56-16-14-49(40-59(56)107-8)42-86(6,83(102)103)74-68(98)65-47(2)71(77-89-29-38-113-77)119-80(65)95(92-74)45-63(117-54-24-35-111-36-25-54)57-17-15-51(41-60(57)108-9)50-18-26-87(27-19-50,84(104)105)75-69(99)66-48(3)72(78-90-30-39-114-78)120-81(66)96(93-75)43-61(115-52-20-31-109-32-21-52)55-12-10-11-13-58(55)106-7/h10-17,28-30,37-41,50,52-54,61-63H,18-27,31-36,42-45H2,1-9H3,(H,100,101)(H,102,103)(H,104,105)/t50?,61-,62-,63+,86?,87?/m1/s1. The number of benzene rings is 3. The van der Waals surface area contributed by atoms with Crippen molar-refractivity contribution >= 4 is 82.6 Å². The Morgan fingerprint density at radius 3 is 1.34 bits per heavy atom. The summed E-state index contributed by atoms with van der Waals surface area (Å²) < 4.78 is 79.4. The first-order valence-corrected chi connectivity index (χ1v) is 42.6. The summed E-state index contributed by atoms with van der Waals surface area (Å²) in [6.07, 6.45) is 9.64. The number of carbonyl (C=O) groups is 3. The molecule has 3 aliphatic heterocycles. The first-order valence-electron chi connectivity index (χ1n) is 40.1. The zero-order valence-corrected chi connectivity index (χ0v) is 70.3.